The van der Waals surface area contributed by atoms with E-state index in [-0.39, 0.29) is 23.4 Å². The average molecular weight is 267 g/mol. The smallest absolute Gasteiger partial charge is 0.277 e. The van der Waals surface area contributed by atoms with E-state index in [4.69, 9.17) is 11.6 Å². The molecule has 0 bridgehead atoms. The molecular weight excluding hydrogens is 252 g/mol. The normalized spacial score (nSPS) is 19.7. The molecule has 4 nitrogen and oxygen atoms in total. The first-order valence-corrected chi connectivity index (χ1v) is 6.33. The van der Waals surface area contributed by atoms with Gasteiger partial charge in [-0.2, -0.15) is 0 Å². The molecule has 96 valence electrons. The zero-order valence-corrected chi connectivity index (χ0v) is 11.1. The van der Waals surface area contributed by atoms with Gasteiger partial charge in [0.15, 0.2) is 0 Å². The number of imide groups is 1. The van der Waals surface area contributed by atoms with Gasteiger partial charge in [-0.1, -0.05) is 25.4 Å². The molecule has 0 aliphatic carbocycles. The topological polar surface area (TPSA) is 50.3 Å². The highest BCUT2D eigenvalue weighted by Crippen LogP contribution is 2.26. The molecular formula is C13H15ClN2O2. The van der Waals surface area contributed by atoms with E-state index >= 15 is 0 Å². The molecule has 1 aromatic rings. The Morgan fingerprint density at radius 2 is 2.28 bits per heavy atom. The lowest BCUT2D eigenvalue weighted by Gasteiger charge is -2.16. The number of likely N-dealkylation sites (tertiary alicyclic amines) is 1. The lowest BCUT2D eigenvalue weighted by Crippen LogP contribution is -2.33. The van der Waals surface area contributed by atoms with Gasteiger partial charge >= 0.3 is 0 Å². The van der Waals surface area contributed by atoms with Crippen LogP contribution >= 0.6 is 11.6 Å². The molecule has 2 amide bonds. The molecule has 0 N–H and O–H groups in total. The second kappa shape index (κ2) is 5.06. The summed E-state index contributed by atoms with van der Waals surface area (Å²) in [6, 6.07) is 3.08. The molecule has 2 heterocycles. The molecule has 0 spiro atoms. The van der Waals surface area contributed by atoms with Crippen LogP contribution in [0.1, 0.15) is 30.8 Å². The summed E-state index contributed by atoms with van der Waals surface area (Å²) >= 11 is 5.82. The number of rotatable bonds is 2. The first-order valence-electron chi connectivity index (χ1n) is 5.95. The highest BCUT2D eigenvalue weighted by atomic mass is 35.5. The van der Waals surface area contributed by atoms with E-state index in [2.05, 4.69) is 18.8 Å². The number of halogens is 1. The number of carbonyl (C=O) groups excluding carboxylic acids is 2. The van der Waals surface area contributed by atoms with Crippen LogP contribution in [-0.4, -0.2) is 28.2 Å². The largest absolute Gasteiger partial charge is 0.279 e. The minimum atomic E-state index is -0.356. The molecule has 5 heteroatoms. The average Bonchev–Trinajstić information content (AvgIpc) is 2.70. The fraction of sp³-hybridized carbons (Fsp3) is 0.462. The summed E-state index contributed by atoms with van der Waals surface area (Å²) in [6.07, 6.45) is 1.90. The van der Waals surface area contributed by atoms with Crippen molar-refractivity contribution in [1.29, 1.82) is 0 Å². The van der Waals surface area contributed by atoms with Gasteiger partial charge in [-0.15, -0.1) is 0 Å². The summed E-state index contributed by atoms with van der Waals surface area (Å²) in [5.41, 5.74) is 0.222. The molecule has 1 fully saturated rings. The van der Waals surface area contributed by atoms with Crippen LogP contribution < -0.4 is 0 Å². The number of carbonyl (C=O) groups is 2. The van der Waals surface area contributed by atoms with Crippen molar-refractivity contribution >= 4 is 23.4 Å². The van der Waals surface area contributed by atoms with Crippen LogP contribution in [0.3, 0.4) is 0 Å². The molecule has 0 aromatic carbocycles. The number of hydrogen-bond donors (Lipinski definition) is 0. The summed E-state index contributed by atoms with van der Waals surface area (Å²) in [5, 5.41) is 0.445. The highest BCUT2D eigenvalue weighted by Gasteiger charge is 2.36. The Balaban J connectivity index is 2.17. The van der Waals surface area contributed by atoms with E-state index < -0.39 is 0 Å². The first kappa shape index (κ1) is 13.0. The number of hydrogen-bond acceptors (Lipinski definition) is 3. The van der Waals surface area contributed by atoms with Crippen molar-refractivity contribution in [3.8, 4) is 0 Å². The second-order valence-electron chi connectivity index (χ2n) is 4.88. The highest BCUT2D eigenvalue weighted by molar-refractivity contribution is 6.30. The van der Waals surface area contributed by atoms with E-state index in [9.17, 15) is 9.59 Å². The summed E-state index contributed by atoms with van der Waals surface area (Å²) in [6.45, 7) is 4.59. The molecule has 2 rings (SSSR count). The Morgan fingerprint density at radius 3 is 2.83 bits per heavy atom. The molecule has 1 aliphatic heterocycles. The Morgan fingerprint density at radius 1 is 1.56 bits per heavy atom. The third kappa shape index (κ3) is 2.53. The molecule has 0 saturated carbocycles. The summed E-state index contributed by atoms with van der Waals surface area (Å²) in [5.74, 6) is 0.144. The van der Waals surface area contributed by atoms with Crippen molar-refractivity contribution in [2.45, 2.75) is 20.3 Å². The number of nitrogens with zero attached hydrogens (tertiary/aromatic N) is 2. The SMILES string of the molecule is CC(C)C1CC(=O)N(C(=O)c2cc(Cl)ccn2)C1. The molecule has 0 radical (unpaired) electrons. The Hall–Kier alpha value is -1.42. The van der Waals surface area contributed by atoms with Crippen LogP contribution in [0, 0.1) is 11.8 Å². The predicted octanol–water partition coefficient (Wildman–Crippen LogP) is 2.38. The van der Waals surface area contributed by atoms with Crippen LogP contribution in [0.25, 0.3) is 0 Å². The van der Waals surface area contributed by atoms with E-state index in [0.29, 0.717) is 23.9 Å². The van der Waals surface area contributed by atoms with Crippen molar-refractivity contribution in [1.82, 2.24) is 9.88 Å². The molecule has 1 aromatic heterocycles. The van der Waals surface area contributed by atoms with Crippen molar-refractivity contribution in [3.63, 3.8) is 0 Å². The van der Waals surface area contributed by atoms with Gasteiger partial charge in [0.05, 0.1) is 0 Å². The predicted molar refractivity (Wildman–Crippen MR) is 68.2 cm³/mol. The van der Waals surface area contributed by atoms with Crippen LogP contribution in [0.15, 0.2) is 18.3 Å². The van der Waals surface area contributed by atoms with Gasteiger partial charge in [0.25, 0.3) is 5.91 Å². The maximum atomic E-state index is 12.2. The first-order chi connectivity index (χ1) is 8.49. The minimum absolute atomic E-state index is 0.125. The standard InChI is InChI=1S/C13H15ClN2O2/c1-8(2)9-5-12(17)16(7-9)13(18)11-6-10(14)3-4-15-11/h3-4,6,8-9H,5,7H2,1-2H3. The zero-order chi connectivity index (χ0) is 13.3. The van der Waals surface area contributed by atoms with Crippen LogP contribution in [0.2, 0.25) is 5.02 Å². The third-order valence-corrected chi connectivity index (χ3v) is 3.52. The van der Waals surface area contributed by atoms with Gasteiger partial charge in [0.2, 0.25) is 5.91 Å². The lowest BCUT2D eigenvalue weighted by atomic mass is 9.95. The van der Waals surface area contributed by atoms with Gasteiger partial charge in [0.1, 0.15) is 5.69 Å². The Labute approximate surface area is 111 Å². The number of amides is 2. The van der Waals surface area contributed by atoms with Crippen molar-refractivity contribution in [3.05, 3.63) is 29.0 Å². The molecule has 1 saturated heterocycles. The van der Waals surface area contributed by atoms with E-state index in [0.717, 1.165) is 0 Å². The molecule has 1 unspecified atom stereocenters. The van der Waals surface area contributed by atoms with Crippen LogP contribution in [0.5, 0.6) is 0 Å². The number of pyridine rings is 1. The number of aromatic nitrogens is 1. The minimum Gasteiger partial charge on any atom is -0.277 e. The van der Waals surface area contributed by atoms with E-state index in [1.807, 2.05) is 0 Å². The van der Waals surface area contributed by atoms with E-state index in [1.54, 1.807) is 6.07 Å². The monoisotopic (exact) mass is 266 g/mol. The maximum Gasteiger partial charge on any atom is 0.279 e. The summed E-state index contributed by atoms with van der Waals surface area (Å²) in [4.78, 5) is 29.2. The fourth-order valence-electron chi connectivity index (χ4n) is 2.04. The van der Waals surface area contributed by atoms with Crippen molar-refractivity contribution in [2.24, 2.45) is 11.8 Å². The zero-order valence-electron chi connectivity index (χ0n) is 10.4. The van der Waals surface area contributed by atoms with Gasteiger partial charge < -0.3 is 0 Å². The van der Waals surface area contributed by atoms with Gasteiger partial charge in [0, 0.05) is 24.2 Å². The van der Waals surface area contributed by atoms with Crippen molar-refractivity contribution < 1.29 is 9.59 Å². The third-order valence-electron chi connectivity index (χ3n) is 3.28. The van der Waals surface area contributed by atoms with Crippen LogP contribution in [0.4, 0.5) is 0 Å². The summed E-state index contributed by atoms with van der Waals surface area (Å²) < 4.78 is 0. The molecule has 1 atom stereocenters. The van der Waals surface area contributed by atoms with Crippen LogP contribution in [-0.2, 0) is 4.79 Å². The summed E-state index contributed by atoms with van der Waals surface area (Å²) in [7, 11) is 0. The lowest BCUT2D eigenvalue weighted by molar-refractivity contribution is -0.125. The Bertz CT molecular complexity index is 488. The van der Waals surface area contributed by atoms with Gasteiger partial charge in [-0.3, -0.25) is 19.5 Å². The fourth-order valence-corrected chi connectivity index (χ4v) is 2.20. The Kier molecular flexibility index (Phi) is 3.66. The molecule has 18 heavy (non-hydrogen) atoms. The van der Waals surface area contributed by atoms with E-state index in [1.165, 1.54) is 17.2 Å². The van der Waals surface area contributed by atoms with Gasteiger partial charge in [-0.05, 0) is 24.0 Å². The molecule has 1 aliphatic rings. The van der Waals surface area contributed by atoms with Crippen molar-refractivity contribution in [2.75, 3.05) is 6.54 Å². The quantitative estimate of drug-likeness (QED) is 0.772. The maximum absolute atomic E-state index is 12.2. The second-order valence-corrected chi connectivity index (χ2v) is 5.31. The van der Waals surface area contributed by atoms with Gasteiger partial charge in [-0.25, -0.2) is 0 Å².